The minimum absolute atomic E-state index is 0.00946. The third-order valence-corrected chi connectivity index (χ3v) is 3.53. The van der Waals surface area contributed by atoms with Crippen molar-refractivity contribution in [3.63, 3.8) is 0 Å². The number of para-hydroxylation sites is 1. The Balaban J connectivity index is 2.61. The van der Waals surface area contributed by atoms with E-state index in [1.165, 1.54) is 5.56 Å². The highest BCUT2D eigenvalue weighted by atomic mass is 16.2. The molecule has 1 aromatic carbocycles. The van der Waals surface area contributed by atoms with Gasteiger partial charge in [-0.05, 0) is 17.0 Å². The van der Waals surface area contributed by atoms with Gasteiger partial charge in [0.1, 0.15) is 0 Å². The van der Waals surface area contributed by atoms with E-state index in [-0.39, 0.29) is 17.2 Å². The maximum atomic E-state index is 12.3. The van der Waals surface area contributed by atoms with Gasteiger partial charge < -0.3 is 10.2 Å². The molecule has 0 radical (unpaired) electrons. The van der Waals surface area contributed by atoms with E-state index in [4.69, 9.17) is 0 Å². The van der Waals surface area contributed by atoms with Crippen molar-refractivity contribution in [2.45, 2.75) is 33.1 Å². The van der Waals surface area contributed by atoms with Crippen LogP contribution in [0.2, 0.25) is 0 Å². The van der Waals surface area contributed by atoms with Gasteiger partial charge in [-0.25, -0.2) is 0 Å². The normalized spacial score (nSPS) is 20.2. The van der Waals surface area contributed by atoms with Gasteiger partial charge in [-0.2, -0.15) is 0 Å². The Kier molecular flexibility index (Phi) is 3.09. The predicted octanol–water partition coefficient (Wildman–Crippen LogP) is 3.01. The summed E-state index contributed by atoms with van der Waals surface area (Å²) >= 11 is 0. The maximum Gasteiger partial charge on any atom is 0.231 e. The zero-order valence-corrected chi connectivity index (χ0v) is 11.9. The summed E-state index contributed by atoms with van der Waals surface area (Å²) in [7, 11) is 1.87. The molecule has 0 spiro atoms. The number of carbonyl (C=O) groups is 1. The third kappa shape index (κ3) is 2.09. The summed E-state index contributed by atoms with van der Waals surface area (Å²) in [4.78, 5) is 14.1. The van der Waals surface area contributed by atoms with Gasteiger partial charge in [0.2, 0.25) is 5.91 Å². The zero-order chi connectivity index (χ0) is 13.5. The second-order valence-electron chi connectivity index (χ2n) is 6.13. The Labute approximate surface area is 109 Å². The van der Waals surface area contributed by atoms with E-state index >= 15 is 0 Å². The van der Waals surface area contributed by atoms with Gasteiger partial charge in [-0.1, -0.05) is 39.8 Å². The lowest BCUT2D eigenvalue weighted by atomic mass is 9.85. The molecule has 1 heterocycles. The molecule has 1 atom stereocenters. The second kappa shape index (κ2) is 4.30. The lowest BCUT2D eigenvalue weighted by Crippen LogP contribution is -2.33. The van der Waals surface area contributed by atoms with Crippen molar-refractivity contribution in [1.29, 1.82) is 0 Å². The van der Waals surface area contributed by atoms with E-state index in [2.05, 4.69) is 38.2 Å². The summed E-state index contributed by atoms with van der Waals surface area (Å²) in [5.74, 6) is 0.188. The highest BCUT2D eigenvalue weighted by Gasteiger charge is 2.29. The van der Waals surface area contributed by atoms with Crippen LogP contribution in [0.25, 0.3) is 0 Å². The first-order valence-electron chi connectivity index (χ1n) is 6.47. The summed E-state index contributed by atoms with van der Waals surface area (Å²) in [5, 5.41) is 3.39. The van der Waals surface area contributed by atoms with Crippen LogP contribution in [0.3, 0.4) is 0 Å². The van der Waals surface area contributed by atoms with Gasteiger partial charge in [0, 0.05) is 13.6 Å². The Bertz CT molecular complexity index is 474. The lowest BCUT2D eigenvalue weighted by Gasteiger charge is -2.28. The third-order valence-electron chi connectivity index (χ3n) is 3.53. The van der Waals surface area contributed by atoms with Gasteiger partial charge in [-0.15, -0.1) is 0 Å². The van der Waals surface area contributed by atoms with Crippen LogP contribution < -0.4 is 10.2 Å². The molecular weight excluding hydrogens is 224 g/mol. The Hall–Kier alpha value is -1.51. The van der Waals surface area contributed by atoms with Crippen LogP contribution >= 0.6 is 0 Å². The van der Waals surface area contributed by atoms with Crippen molar-refractivity contribution >= 4 is 17.3 Å². The van der Waals surface area contributed by atoms with Gasteiger partial charge >= 0.3 is 0 Å². The Morgan fingerprint density at radius 1 is 1.33 bits per heavy atom. The number of rotatable bonds is 0. The Morgan fingerprint density at radius 2 is 2.00 bits per heavy atom. The van der Waals surface area contributed by atoms with E-state index in [0.717, 1.165) is 11.4 Å². The zero-order valence-electron chi connectivity index (χ0n) is 11.9. The van der Waals surface area contributed by atoms with E-state index in [1.807, 2.05) is 20.0 Å². The van der Waals surface area contributed by atoms with Crippen LogP contribution in [-0.2, 0) is 10.2 Å². The largest absolute Gasteiger partial charge is 0.383 e. The molecule has 1 aliphatic rings. The van der Waals surface area contributed by atoms with Crippen molar-refractivity contribution in [2.24, 2.45) is 5.92 Å². The quantitative estimate of drug-likeness (QED) is 0.763. The molecule has 3 heteroatoms. The highest BCUT2D eigenvalue weighted by molar-refractivity contribution is 6.00. The van der Waals surface area contributed by atoms with E-state index in [9.17, 15) is 4.79 Å². The van der Waals surface area contributed by atoms with Crippen LogP contribution in [0.15, 0.2) is 18.2 Å². The maximum absolute atomic E-state index is 12.3. The smallest absolute Gasteiger partial charge is 0.231 e. The standard InChI is InChI=1S/C15H22N2O/c1-10-9-16-12-8-6-7-11(15(2,3)4)13(12)17(5)14(10)18/h6-8,10,16H,9H2,1-5H3. The molecule has 98 valence electrons. The monoisotopic (exact) mass is 246 g/mol. The number of amides is 1. The summed E-state index contributed by atoms with van der Waals surface area (Å²) in [6, 6.07) is 6.22. The van der Waals surface area contributed by atoms with Crippen LogP contribution in [0.1, 0.15) is 33.3 Å². The molecule has 0 saturated heterocycles. The molecule has 1 aliphatic heterocycles. The number of anilines is 2. The first kappa shape index (κ1) is 12.9. The van der Waals surface area contributed by atoms with Gasteiger partial charge in [-0.3, -0.25) is 4.79 Å². The highest BCUT2D eigenvalue weighted by Crippen LogP contribution is 2.39. The number of hydrogen-bond acceptors (Lipinski definition) is 2. The van der Waals surface area contributed by atoms with Gasteiger partial charge in [0.15, 0.2) is 0 Å². The van der Waals surface area contributed by atoms with E-state index in [0.29, 0.717) is 6.54 Å². The van der Waals surface area contributed by atoms with Crippen molar-refractivity contribution < 1.29 is 4.79 Å². The summed E-state index contributed by atoms with van der Waals surface area (Å²) < 4.78 is 0. The van der Waals surface area contributed by atoms with Crippen LogP contribution in [0, 0.1) is 5.92 Å². The van der Waals surface area contributed by atoms with Crippen LogP contribution in [0.5, 0.6) is 0 Å². The van der Waals surface area contributed by atoms with E-state index < -0.39 is 0 Å². The molecule has 2 rings (SSSR count). The molecule has 0 bridgehead atoms. The topological polar surface area (TPSA) is 32.3 Å². The molecule has 1 aromatic rings. The fourth-order valence-corrected chi connectivity index (χ4v) is 2.44. The number of benzene rings is 1. The van der Waals surface area contributed by atoms with Crippen molar-refractivity contribution in [2.75, 3.05) is 23.8 Å². The molecule has 1 amide bonds. The summed E-state index contributed by atoms with van der Waals surface area (Å²) in [6.45, 7) is 9.19. The minimum Gasteiger partial charge on any atom is -0.383 e. The Morgan fingerprint density at radius 3 is 2.61 bits per heavy atom. The molecule has 0 saturated carbocycles. The average molecular weight is 246 g/mol. The molecule has 1 unspecified atom stereocenters. The molecule has 0 aliphatic carbocycles. The number of hydrogen-bond donors (Lipinski definition) is 1. The fraction of sp³-hybridized carbons (Fsp3) is 0.533. The first-order valence-corrected chi connectivity index (χ1v) is 6.47. The summed E-state index contributed by atoms with van der Waals surface area (Å²) in [5.41, 5.74) is 3.31. The molecule has 0 aromatic heterocycles. The average Bonchev–Trinajstić information content (AvgIpc) is 2.41. The fourth-order valence-electron chi connectivity index (χ4n) is 2.44. The number of nitrogens with zero attached hydrogens (tertiary/aromatic N) is 1. The van der Waals surface area contributed by atoms with E-state index in [1.54, 1.807) is 4.90 Å². The second-order valence-corrected chi connectivity index (χ2v) is 6.13. The molecular formula is C15H22N2O. The van der Waals surface area contributed by atoms with Crippen molar-refractivity contribution in [3.8, 4) is 0 Å². The lowest BCUT2D eigenvalue weighted by molar-refractivity contribution is -0.121. The molecule has 18 heavy (non-hydrogen) atoms. The summed E-state index contributed by atoms with van der Waals surface area (Å²) in [6.07, 6.45) is 0. The predicted molar refractivity (Wildman–Crippen MR) is 76.2 cm³/mol. The SMILES string of the molecule is CC1CNc2cccc(C(C)(C)C)c2N(C)C1=O. The van der Waals surface area contributed by atoms with Crippen LogP contribution in [-0.4, -0.2) is 19.5 Å². The van der Waals surface area contributed by atoms with Gasteiger partial charge in [0.25, 0.3) is 0 Å². The molecule has 3 nitrogen and oxygen atoms in total. The number of nitrogens with one attached hydrogen (secondary N) is 1. The van der Waals surface area contributed by atoms with Crippen molar-refractivity contribution in [3.05, 3.63) is 23.8 Å². The number of fused-ring (bicyclic) bond motifs is 1. The minimum atomic E-state index is 0.00946. The van der Waals surface area contributed by atoms with Gasteiger partial charge in [0.05, 0.1) is 17.3 Å². The number of carbonyl (C=O) groups excluding carboxylic acids is 1. The molecule has 1 N–H and O–H groups in total. The first-order chi connectivity index (χ1) is 8.32. The van der Waals surface area contributed by atoms with Crippen LogP contribution in [0.4, 0.5) is 11.4 Å². The van der Waals surface area contributed by atoms with Crippen molar-refractivity contribution in [1.82, 2.24) is 0 Å². The molecule has 0 fully saturated rings.